The highest BCUT2D eigenvalue weighted by molar-refractivity contribution is 5.43. The third-order valence-electron chi connectivity index (χ3n) is 1.83. The first-order valence-electron chi connectivity index (χ1n) is 3.26. The van der Waals surface area contributed by atoms with Crippen LogP contribution in [0.2, 0.25) is 0 Å². The minimum Gasteiger partial charge on any atom is -0.381 e. The second-order valence-corrected chi connectivity index (χ2v) is 2.51. The average Bonchev–Trinajstić information content (AvgIpc) is 2.41. The maximum Gasteiger partial charge on any atom is 0.171 e. The second kappa shape index (κ2) is 1.73. The highest BCUT2D eigenvalue weighted by Gasteiger charge is 2.25. The van der Waals surface area contributed by atoms with Crippen molar-refractivity contribution in [2.75, 3.05) is 5.73 Å². The third-order valence-corrected chi connectivity index (χ3v) is 1.83. The molecule has 1 atom stereocenters. The highest BCUT2D eigenvalue weighted by atomic mass is 16.5. The number of nitrogen functional groups attached to an aromatic ring is 1. The Morgan fingerprint density at radius 3 is 3.30 bits per heavy atom. The predicted octanol–water partition coefficient (Wildman–Crippen LogP) is 0.421. The van der Waals surface area contributed by atoms with Crippen molar-refractivity contribution < 1.29 is 4.52 Å². The van der Waals surface area contributed by atoms with Gasteiger partial charge in [0.25, 0.3) is 0 Å². The Hall–Kier alpha value is -1.03. The molecule has 0 radical (unpaired) electrons. The van der Waals surface area contributed by atoms with Crippen LogP contribution in [-0.4, -0.2) is 5.16 Å². The first-order chi connectivity index (χ1) is 4.79. The average molecular weight is 139 g/mol. The van der Waals surface area contributed by atoms with Gasteiger partial charge >= 0.3 is 0 Å². The topological polar surface area (TPSA) is 64.1 Å². The van der Waals surface area contributed by atoms with E-state index in [2.05, 4.69) is 10.5 Å². The van der Waals surface area contributed by atoms with Crippen LogP contribution in [0.5, 0.6) is 0 Å². The fraction of sp³-hybridized carbons (Fsp3) is 0.500. The number of nitrogens with two attached hydrogens (primary N) is 1. The molecular formula is C6H9N3O. The van der Waals surface area contributed by atoms with Crippen molar-refractivity contribution in [1.82, 2.24) is 10.5 Å². The Morgan fingerprint density at radius 1 is 1.80 bits per heavy atom. The molecule has 0 amide bonds. The van der Waals surface area contributed by atoms with Gasteiger partial charge in [-0.3, -0.25) is 0 Å². The minimum absolute atomic E-state index is 0.264. The maximum atomic E-state index is 5.51. The number of anilines is 1. The molecule has 1 aliphatic rings. The monoisotopic (exact) mass is 139 g/mol. The molecule has 10 heavy (non-hydrogen) atoms. The first kappa shape index (κ1) is 5.73. The summed E-state index contributed by atoms with van der Waals surface area (Å²) in [7, 11) is 0. The summed E-state index contributed by atoms with van der Waals surface area (Å²) in [5.74, 6) is 1.41. The van der Waals surface area contributed by atoms with E-state index in [0.29, 0.717) is 5.82 Å². The molecule has 0 aromatic carbocycles. The van der Waals surface area contributed by atoms with E-state index in [1.54, 1.807) is 0 Å². The van der Waals surface area contributed by atoms with E-state index in [9.17, 15) is 0 Å². The number of hydrogen-bond acceptors (Lipinski definition) is 4. The molecule has 1 aromatic rings. The standard InChI is InChI=1S/C6H9N3O/c1-3-5-4(2-8-3)6(7)9-10-5/h3,8H,2H2,1H3,(H2,7,9). The minimum atomic E-state index is 0.264. The number of aromatic nitrogens is 1. The molecule has 3 N–H and O–H groups in total. The molecule has 4 heteroatoms. The zero-order valence-electron chi connectivity index (χ0n) is 5.72. The lowest BCUT2D eigenvalue weighted by Crippen LogP contribution is -2.08. The van der Waals surface area contributed by atoms with Crippen molar-refractivity contribution in [2.24, 2.45) is 0 Å². The molecule has 0 fully saturated rings. The zero-order valence-corrected chi connectivity index (χ0v) is 5.72. The van der Waals surface area contributed by atoms with Crippen molar-refractivity contribution in [2.45, 2.75) is 19.5 Å². The van der Waals surface area contributed by atoms with Gasteiger partial charge in [-0.2, -0.15) is 0 Å². The molecule has 0 spiro atoms. The summed E-state index contributed by atoms with van der Waals surface area (Å²) in [4.78, 5) is 0. The van der Waals surface area contributed by atoms with E-state index < -0.39 is 0 Å². The van der Waals surface area contributed by atoms with Gasteiger partial charge in [-0.25, -0.2) is 0 Å². The van der Waals surface area contributed by atoms with E-state index >= 15 is 0 Å². The van der Waals surface area contributed by atoms with Crippen LogP contribution >= 0.6 is 0 Å². The summed E-state index contributed by atoms with van der Waals surface area (Å²) in [5.41, 5.74) is 6.53. The van der Waals surface area contributed by atoms with Crippen LogP contribution in [0.25, 0.3) is 0 Å². The van der Waals surface area contributed by atoms with Crippen LogP contribution < -0.4 is 11.1 Å². The van der Waals surface area contributed by atoms with Gasteiger partial charge in [-0.1, -0.05) is 5.16 Å². The molecule has 4 nitrogen and oxygen atoms in total. The molecule has 1 aliphatic heterocycles. The summed E-state index contributed by atoms with van der Waals surface area (Å²) >= 11 is 0. The quantitative estimate of drug-likeness (QED) is 0.546. The lowest BCUT2D eigenvalue weighted by Gasteiger charge is -1.96. The molecule has 2 heterocycles. The van der Waals surface area contributed by atoms with E-state index in [1.165, 1.54) is 0 Å². The normalized spacial score (nSPS) is 23.1. The molecule has 54 valence electrons. The summed E-state index contributed by atoms with van der Waals surface area (Å²) in [6.07, 6.45) is 0. The van der Waals surface area contributed by atoms with Gasteiger partial charge in [0, 0.05) is 6.54 Å². The Morgan fingerprint density at radius 2 is 2.60 bits per heavy atom. The second-order valence-electron chi connectivity index (χ2n) is 2.51. The smallest absolute Gasteiger partial charge is 0.171 e. The van der Waals surface area contributed by atoms with Gasteiger partial charge in [0.1, 0.15) is 0 Å². The molecule has 0 saturated heterocycles. The Labute approximate surface area is 58.4 Å². The van der Waals surface area contributed by atoms with Gasteiger partial charge in [-0.15, -0.1) is 0 Å². The summed E-state index contributed by atoms with van der Waals surface area (Å²) < 4.78 is 4.98. The van der Waals surface area contributed by atoms with E-state index in [1.807, 2.05) is 6.92 Å². The number of nitrogens with zero attached hydrogens (tertiary/aromatic N) is 1. The van der Waals surface area contributed by atoms with Crippen molar-refractivity contribution in [1.29, 1.82) is 0 Å². The van der Waals surface area contributed by atoms with Crippen molar-refractivity contribution in [3.8, 4) is 0 Å². The van der Waals surface area contributed by atoms with Gasteiger partial charge in [0.15, 0.2) is 11.6 Å². The van der Waals surface area contributed by atoms with Gasteiger partial charge < -0.3 is 15.6 Å². The first-order valence-corrected chi connectivity index (χ1v) is 3.26. The molecule has 2 rings (SSSR count). The maximum absolute atomic E-state index is 5.51. The summed E-state index contributed by atoms with van der Waals surface area (Å²) in [5, 5.41) is 6.84. The summed E-state index contributed by atoms with van der Waals surface area (Å²) in [6, 6.07) is 0.264. The molecular weight excluding hydrogens is 130 g/mol. The molecule has 1 unspecified atom stereocenters. The van der Waals surface area contributed by atoms with Gasteiger partial charge in [-0.05, 0) is 6.92 Å². The Balaban J connectivity index is 2.53. The van der Waals surface area contributed by atoms with Crippen molar-refractivity contribution >= 4 is 5.82 Å². The predicted molar refractivity (Wildman–Crippen MR) is 36.2 cm³/mol. The number of hydrogen-bond donors (Lipinski definition) is 2. The van der Waals surface area contributed by atoms with Crippen LogP contribution in [-0.2, 0) is 6.54 Å². The Bertz CT molecular complexity index is 255. The highest BCUT2D eigenvalue weighted by Crippen LogP contribution is 2.28. The number of nitrogens with one attached hydrogen (secondary N) is 1. The van der Waals surface area contributed by atoms with Crippen molar-refractivity contribution in [3.63, 3.8) is 0 Å². The molecule has 0 saturated carbocycles. The SMILES string of the molecule is CC1NCc2c(N)noc21. The van der Waals surface area contributed by atoms with Crippen LogP contribution in [0.15, 0.2) is 4.52 Å². The van der Waals surface area contributed by atoms with Crippen LogP contribution in [0, 0.1) is 0 Å². The Kier molecular flexibility index (Phi) is 0.990. The number of fused-ring (bicyclic) bond motifs is 1. The molecule has 1 aromatic heterocycles. The van der Waals surface area contributed by atoms with E-state index in [-0.39, 0.29) is 6.04 Å². The van der Waals surface area contributed by atoms with E-state index in [0.717, 1.165) is 17.9 Å². The van der Waals surface area contributed by atoms with Gasteiger partial charge in [0.05, 0.1) is 11.6 Å². The summed E-state index contributed by atoms with van der Waals surface area (Å²) in [6.45, 7) is 2.81. The van der Waals surface area contributed by atoms with Crippen LogP contribution in [0.3, 0.4) is 0 Å². The van der Waals surface area contributed by atoms with Crippen molar-refractivity contribution in [3.05, 3.63) is 11.3 Å². The zero-order chi connectivity index (χ0) is 7.14. The lowest BCUT2D eigenvalue weighted by atomic mass is 10.2. The lowest BCUT2D eigenvalue weighted by molar-refractivity contribution is 0.362. The molecule has 0 aliphatic carbocycles. The number of rotatable bonds is 0. The van der Waals surface area contributed by atoms with Gasteiger partial charge in [0.2, 0.25) is 0 Å². The fourth-order valence-electron chi connectivity index (χ4n) is 1.20. The largest absolute Gasteiger partial charge is 0.381 e. The third kappa shape index (κ3) is 0.565. The van der Waals surface area contributed by atoms with Crippen LogP contribution in [0.1, 0.15) is 24.3 Å². The van der Waals surface area contributed by atoms with E-state index in [4.69, 9.17) is 10.3 Å². The molecule has 0 bridgehead atoms. The van der Waals surface area contributed by atoms with Crippen LogP contribution in [0.4, 0.5) is 5.82 Å². The fourth-order valence-corrected chi connectivity index (χ4v) is 1.20.